The number of allylic oxidation sites excluding steroid dienone is 20. The fraction of sp³-hybridized carbons (Fsp3) is 0.693. The van der Waals surface area contributed by atoms with Crippen LogP contribution in [0.4, 0.5) is 0 Å². The molecule has 0 aromatic rings. The summed E-state index contributed by atoms with van der Waals surface area (Å²) in [6.45, 7) is 6.42. The van der Waals surface area contributed by atoms with Gasteiger partial charge in [-0.2, -0.15) is 0 Å². The first kappa shape index (κ1) is 76.8. The van der Waals surface area contributed by atoms with Gasteiger partial charge in [0, 0.05) is 19.3 Å². The van der Waals surface area contributed by atoms with Crippen molar-refractivity contribution in [2.75, 3.05) is 13.2 Å². The second-order valence-corrected chi connectivity index (χ2v) is 22.3. The van der Waals surface area contributed by atoms with Crippen molar-refractivity contribution >= 4 is 17.9 Å². The van der Waals surface area contributed by atoms with Gasteiger partial charge in [-0.1, -0.05) is 290 Å². The third kappa shape index (κ3) is 66.5. The molecule has 0 aliphatic heterocycles. The van der Waals surface area contributed by atoms with Crippen LogP contribution in [-0.4, -0.2) is 37.2 Å². The molecule has 81 heavy (non-hydrogen) atoms. The molecule has 0 aromatic heterocycles. The smallest absolute Gasteiger partial charge is 0.306 e. The van der Waals surface area contributed by atoms with Gasteiger partial charge >= 0.3 is 17.9 Å². The Morgan fingerprint density at radius 3 is 0.765 bits per heavy atom. The van der Waals surface area contributed by atoms with Gasteiger partial charge in [0.15, 0.2) is 6.10 Å². The summed E-state index contributed by atoms with van der Waals surface area (Å²) in [6, 6.07) is 0. The van der Waals surface area contributed by atoms with E-state index in [1.807, 2.05) is 0 Å². The normalized spacial score (nSPS) is 12.9. The zero-order valence-corrected chi connectivity index (χ0v) is 53.0. The fourth-order valence-electron chi connectivity index (χ4n) is 9.40. The van der Waals surface area contributed by atoms with E-state index in [0.29, 0.717) is 19.3 Å². The van der Waals surface area contributed by atoms with Crippen molar-refractivity contribution in [3.63, 3.8) is 0 Å². The summed E-state index contributed by atoms with van der Waals surface area (Å²) >= 11 is 0. The summed E-state index contributed by atoms with van der Waals surface area (Å²) in [5.41, 5.74) is 0. The van der Waals surface area contributed by atoms with Crippen LogP contribution >= 0.6 is 0 Å². The summed E-state index contributed by atoms with van der Waals surface area (Å²) in [5, 5.41) is 0. The van der Waals surface area contributed by atoms with E-state index in [1.54, 1.807) is 0 Å². The zero-order valence-electron chi connectivity index (χ0n) is 53.0. The summed E-state index contributed by atoms with van der Waals surface area (Å²) in [6.07, 6.45) is 94.9. The third-order valence-electron chi connectivity index (χ3n) is 14.4. The van der Waals surface area contributed by atoms with Gasteiger partial charge in [0.05, 0.1) is 0 Å². The van der Waals surface area contributed by atoms with Crippen LogP contribution in [0.15, 0.2) is 122 Å². The molecule has 0 radical (unpaired) electrons. The molecule has 0 saturated carbocycles. The van der Waals surface area contributed by atoms with Gasteiger partial charge in [-0.05, 0) is 128 Å². The molecule has 6 heteroatoms. The lowest BCUT2D eigenvalue weighted by Crippen LogP contribution is -2.30. The second-order valence-electron chi connectivity index (χ2n) is 22.3. The largest absolute Gasteiger partial charge is 0.462 e. The zero-order chi connectivity index (χ0) is 58.5. The fourth-order valence-corrected chi connectivity index (χ4v) is 9.40. The predicted molar refractivity (Wildman–Crippen MR) is 353 cm³/mol. The Balaban J connectivity index is 4.38. The van der Waals surface area contributed by atoms with E-state index in [-0.39, 0.29) is 31.1 Å². The second kappa shape index (κ2) is 68.3. The minimum absolute atomic E-state index is 0.0877. The molecule has 1 atom stereocenters. The highest BCUT2D eigenvalue weighted by Gasteiger charge is 2.19. The van der Waals surface area contributed by atoms with Crippen molar-refractivity contribution < 1.29 is 28.6 Å². The Morgan fingerprint density at radius 1 is 0.259 bits per heavy atom. The Kier molecular flexibility index (Phi) is 64.8. The Hall–Kier alpha value is -4.19. The number of rotatable bonds is 61. The molecule has 1 unspecified atom stereocenters. The topological polar surface area (TPSA) is 78.9 Å². The number of hydrogen-bond donors (Lipinski definition) is 0. The summed E-state index contributed by atoms with van der Waals surface area (Å²) < 4.78 is 17.0. The minimum Gasteiger partial charge on any atom is -0.462 e. The first-order chi connectivity index (χ1) is 40.0. The Labute approximate surface area is 501 Å². The number of ether oxygens (including phenoxy) is 3. The van der Waals surface area contributed by atoms with Gasteiger partial charge in [0.2, 0.25) is 0 Å². The van der Waals surface area contributed by atoms with Crippen molar-refractivity contribution in [3.8, 4) is 0 Å². The third-order valence-corrected chi connectivity index (χ3v) is 14.4. The van der Waals surface area contributed by atoms with Gasteiger partial charge in [-0.3, -0.25) is 14.4 Å². The lowest BCUT2D eigenvalue weighted by molar-refractivity contribution is -0.167. The monoisotopic (exact) mass is 1120 g/mol. The van der Waals surface area contributed by atoms with Crippen LogP contribution in [0.1, 0.15) is 316 Å². The van der Waals surface area contributed by atoms with Gasteiger partial charge in [-0.15, -0.1) is 0 Å². The maximum Gasteiger partial charge on any atom is 0.306 e. The molecule has 0 spiro atoms. The average Bonchev–Trinajstić information content (AvgIpc) is 3.47. The Morgan fingerprint density at radius 2 is 0.481 bits per heavy atom. The quantitative estimate of drug-likeness (QED) is 0.0261. The maximum atomic E-state index is 12.9. The minimum atomic E-state index is -0.793. The van der Waals surface area contributed by atoms with Crippen molar-refractivity contribution in [2.24, 2.45) is 0 Å². The standard InChI is InChI=1S/C75H126O6/c1-4-7-10-13-16-19-22-25-28-31-33-34-35-36-37-38-39-40-42-44-47-50-53-56-59-62-65-68-74(77)80-71-72(70-79-73(76)67-64-61-58-55-52-49-46-43-30-27-24-21-18-15-12-9-6-3)81-75(78)69-66-63-60-57-54-51-48-45-41-32-29-26-23-20-17-14-11-8-5-2/h7-8,10-11,16-17,19-20,25-30,33-34,36-37,41,45,72H,4-6,9,12-15,18,21-24,31-32,35,38-40,42-44,46-71H2,1-3H3/b10-7-,11-8-,19-16-,20-17-,28-25-,29-26-,30-27-,34-33-,37-36-,45-41-. The highest BCUT2D eigenvalue weighted by Crippen LogP contribution is 2.16. The van der Waals surface area contributed by atoms with E-state index in [0.717, 1.165) is 128 Å². The average molecular weight is 1120 g/mol. The van der Waals surface area contributed by atoms with Crippen molar-refractivity contribution in [1.82, 2.24) is 0 Å². The van der Waals surface area contributed by atoms with E-state index in [2.05, 4.69) is 142 Å². The van der Waals surface area contributed by atoms with Gasteiger partial charge < -0.3 is 14.2 Å². The molecule has 0 heterocycles. The van der Waals surface area contributed by atoms with Crippen LogP contribution < -0.4 is 0 Å². The molecule has 0 aliphatic carbocycles. The molecule has 0 rings (SSSR count). The highest BCUT2D eigenvalue weighted by molar-refractivity contribution is 5.71. The van der Waals surface area contributed by atoms with Crippen LogP contribution in [0.3, 0.4) is 0 Å². The lowest BCUT2D eigenvalue weighted by atomic mass is 10.0. The molecular weight excluding hydrogens is 997 g/mol. The van der Waals surface area contributed by atoms with Crippen LogP contribution in [0.2, 0.25) is 0 Å². The molecule has 0 amide bonds. The number of unbranched alkanes of at least 4 members (excludes halogenated alkanes) is 30. The molecule has 0 aromatic carbocycles. The number of hydrogen-bond acceptors (Lipinski definition) is 6. The van der Waals surface area contributed by atoms with E-state index in [1.165, 1.54) is 148 Å². The molecule has 0 N–H and O–H groups in total. The molecule has 462 valence electrons. The van der Waals surface area contributed by atoms with Crippen molar-refractivity contribution in [1.29, 1.82) is 0 Å². The van der Waals surface area contributed by atoms with E-state index in [4.69, 9.17) is 14.2 Å². The highest BCUT2D eigenvalue weighted by atomic mass is 16.6. The first-order valence-corrected chi connectivity index (χ1v) is 34.0. The SMILES string of the molecule is CC/C=C\C/C=C\C/C=C\C/C=C\C/C=C\CCCCCCCCCCCCCC(=O)OCC(COC(=O)CCCCCCCCC/C=C\CCCCCCCC)OC(=O)CCCCCCCC/C=C\C/C=C\C/C=C\C/C=C\CC. The predicted octanol–water partition coefficient (Wildman–Crippen LogP) is 23.6. The molecule has 0 saturated heterocycles. The van der Waals surface area contributed by atoms with E-state index >= 15 is 0 Å². The summed E-state index contributed by atoms with van der Waals surface area (Å²) in [5.74, 6) is -0.899. The molecule has 6 nitrogen and oxygen atoms in total. The number of carbonyl (C=O) groups is 3. The Bertz CT molecular complexity index is 1670. The van der Waals surface area contributed by atoms with Crippen LogP contribution in [-0.2, 0) is 28.6 Å². The summed E-state index contributed by atoms with van der Waals surface area (Å²) in [4.78, 5) is 38.4. The molecule has 0 aliphatic rings. The molecule has 0 fully saturated rings. The van der Waals surface area contributed by atoms with Gasteiger partial charge in [0.1, 0.15) is 13.2 Å². The first-order valence-electron chi connectivity index (χ1n) is 34.0. The lowest BCUT2D eigenvalue weighted by Gasteiger charge is -2.18. The van der Waals surface area contributed by atoms with Gasteiger partial charge in [-0.25, -0.2) is 0 Å². The van der Waals surface area contributed by atoms with Crippen LogP contribution in [0, 0.1) is 0 Å². The number of carbonyl (C=O) groups excluding carboxylic acids is 3. The van der Waals surface area contributed by atoms with Crippen LogP contribution in [0.25, 0.3) is 0 Å². The molecular formula is C75H126O6. The van der Waals surface area contributed by atoms with E-state index in [9.17, 15) is 14.4 Å². The van der Waals surface area contributed by atoms with Gasteiger partial charge in [0.25, 0.3) is 0 Å². The maximum absolute atomic E-state index is 12.9. The number of esters is 3. The molecule has 0 bridgehead atoms. The van der Waals surface area contributed by atoms with E-state index < -0.39 is 6.10 Å². The summed E-state index contributed by atoms with van der Waals surface area (Å²) in [7, 11) is 0. The van der Waals surface area contributed by atoms with Crippen LogP contribution in [0.5, 0.6) is 0 Å². The van der Waals surface area contributed by atoms with Crippen molar-refractivity contribution in [2.45, 2.75) is 322 Å². The van der Waals surface area contributed by atoms with Crippen molar-refractivity contribution in [3.05, 3.63) is 122 Å².